The summed E-state index contributed by atoms with van der Waals surface area (Å²) in [5, 5.41) is 20.1. The summed E-state index contributed by atoms with van der Waals surface area (Å²) in [6.07, 6.45) is 1.16. The molecule has 2 heterocycles. The molecule has 2 aliphatic heterocycles. The predicted octanol–water partition coefficient (Wildman–Crippen LogP) is 4.13. The molecule has 4 rings (SSSR count). The maximum Gasteiger partial charge on any atom is 0.101 e. The molecule has 0 aliphatic carbocycles. The van der Waals surface area contributed by atoms with E-state index in [-0.39, 0.29) is 0 Å². The second-order valence-electron chi connectivity index (χ2n) is 6.54. The van der Waals surface area contributed by atoms with Gasteiger partial charge in [0.2, 0.25) is 0 Å². The summed E-state index contributed by atoms with van der Waals surface area (Å²) < 4.78 is 0. The van der Waals surface area contributed by atoms with Gasteiger partial charge in [-0.05, 0) is 61.3 Å². The molecule has 0 aromatic heterocycles. The van der Waals surface area contributed by atoms with Crippen LogP contribution in [0.5, 0.6) is 0 Å². The molecular formula is C19H19ClN4. The number of hydrogen-bond donors (Lipinski definition) is 3. The van der Waals surface area contributed by atoms with Crippen molar-refractivity contribution in [3.63, 3.8) is 0 Å². The van der Waals surface area contributed by atoms with Gasteiger partial charge in [0.1, 0.15) is 6.07 Å². The second-order valence-corrected chi connectivity index (χ2v) is 6.95. The minimum atomic E-state index is 0.471. The molecule has 0 bridgehead atoms. The highest BCUT2D eigenvalue weighted by molar-refractivity contribution is 6.32. The van der Waals surface area contributed by atoms with Crippen LogP contribution in [0.3, 0.4) is 0 Å². The highest BCUT2D eigenvalue weighted by Crippen LogP contribution is 2.42. The lowest BCUT2D eigenvalue weighted by Crippen LogP contribution is -2.38. The van der Waals surface area contributed by atoms with E-state index in [2.05, 4.69) is 41.1 Å². The average Bonchev–Trinajstić information content (AvgIpc) is 2.95. The Kier molecular flexibility index (Phi) is 3.84. The van der Waals surface area contributed by atoms with Crippen LogP contribution in [-0.2, 0) is 0 Å². The third-order valence-corrected chi connectivity index (χ3v) is 5.27. The summed E-state index contributed by atoms with van der Waals surface area (Å²) >= 11 is 6.13. The SMILES string of the molecule is Cc1cc(Nc2ccc(C#N)c(Cl)c2)cc2c1N[C@H]1CCNC[C@@H]21. The summed E-state index contributed by atoms with van der Waals surface area (Å²) in [6, 6.07) is 12.4. The number of nitrogens with zero attached hydrogens (tertiary/aromatic N) is 1. The molecule has 2 aromatic rings. The van der Waals surface area contributed by atoms with E-state index in [1.807, 2.05) is 6.07 Å². The molecule has 24 heavy (non-hydrogen) atoms. The van der Waals surface area contributed by atoms with E-state index in [4.69, 9.17) is 16.9 Å². The van der Waals surface area contributed by atoms with Crippen LogP contribution in [0.1, 0.15) is 29.0 Å². The Morgan fingerprint density at radius 2 is 2.12 bits per heavy atom. The van der Waals surface area contributed by atoms with Gasteiger partial charge in [-0.15, -0.1) is 0 Å². The molecule has 2 aromatic carbocycles. The molecular weight excluding hydrogens is 320 g/mol. The van der Waals surface area contributed by atoms with E-state index in [0.717, 1.165) is 30.9 Å². The standard InChI is InChI=1S/C19H19ClN4/c1-11-6-14(23-13-3-2-12(9-21)17(20)8-13)7-15-16-10-22-5-4-18(16)24-19(11)15/h2-3,6-8,16,18,22-24H,4-5,10H2,1H3/t16-,18-/m0/s1. The van der Waals surface area contributed by atoms with Gasteiger partial charge < -0.3 is 16.0 Å². The van der Waals surface area contributed by atoms with Crippen molar-refractivity contribution in [3.05, 3.63) is 52.0 Å². The van der Waals surface area contributed by atoms with Crippen molar-refractivity contribution in [3.8, 4) is 6.07 Å². The van der Waals surface area contributed by atoms with E-state index in [9.17, 15) is 0 Å². The summed E-state index contributed by atoms with van der Waals surface area (Å²) in [5.41, 5.74) is 6.37. The van der Waals surface area contributed by atoms with Crippen molar-refractivity contribution in [2.45, 2.75) is 25.3 Å². The fourth-order valence-electron chi connectivity index (χ4n) is 3.77. The molecule has 2 atom stereocenters. The quantitative estimate of drug-likeness (QED) is 0.770. The monoisotopic (exact) mass is 338 g/mol. The Labute approximate surface area is 146 Å². The Bertz CT molecular complexity index is 840. The van der Waals surface area contributed by atoms with E-state index in [0.29, 0.717) is 22.5 Å². The van der Waals surface area contributed by atoms with Crippen LogP contribution in [0.15, 0.2) is 30.3 Å². The molecule has 3 N–H and O–H groups in total. The lowest BCUT2D eigenvalue weighted by atomic mass is 9.89. The van der Waals surface area contributed by atoms with Gasteiger partial charge in [-0.1, -0.05) is 11.6 Å². The number of aryl methyl sites for hydroxylation is 1. The van der Waals surface area contributed by atoms with Crippen molar-refractivity contribution in [2.24, 2.45) is 0 Å². The maximum absolute atomic E-state index is 8.98. The smallest absolute Gasteiger partial charge is 0.101 e. The zero-order valence-corrected chi connectivity index (χ0v) is 14.2. The van der Waals surface area contributed by atoms with Crippen LogP contribution in [0.25, 0.3) is 0 Å². The number of nitriles is 1. The van der Waals surface area contributed by atoms with Crippen molar-refractivity contribution in [2.75, 3.05) is 23.7 Å². The molecule has 0 amide bonds. The third-order valence-electron chi connectivity index (χ3n) is 4.96. The first kappa shape index (κ1) is 15.3. The summed E-state index contributed by atoms with van der Waals surface area (Å²) in [6.45, 7) is 4.25. The van der Waals surface area contributed by atoms with Gasteiger partial charge in [-0.3, -0.25) is 0 Å². The van der Waals surface area contributed by atoms with Gasteiger partial charge in [0, 0.05) is 35.6 Å². The van der Waals surface area contributed by atoms with Crippen LogP contribution in [0, 0.1) is 18.3 Å². The van der Waals surface area contributed by atoms with E-state index < -0.39 is 0 Å². The highest BCUT2D eigenvalue weighted by Gasteiger charge is 2.34. The van der Waals surface area contributed by atoms with Crippen molar-refractivity contribution >= 4 is 28.7 Å². The fourth-order valence-corrected chi connectivity index (χ4v) is 3.99. The van der Waals surface area contributed by atoms with Crippen molar-refractivity contribution in [1.29, 1.82) is 5.26 Å². The van der Waals surface area contributed by atoms with Gasteiger partial charge in [-0.25, -0.2) is 0 Å². The molecule has 0 unspecified atom stereocenters. The molecule has 0 radical (unpaired) electrons. The molecule has 0 saturated carbocycles. The van der Waals surface area contributed by atoms with Gasteiger partial charge in [-0.2, -0.15) is 5.26 Å². The second kappa shape index (κ2) is 6.01. The lowest BCUT2D eigenvalue weighted by Gasteiger charge is -2.26. The first-order valence-electron chi connectivity index (χ1n) is 8.24. The van der Waals surface area contributed by atoms with E-state index in [1.165, 1.54) is 16.8 Å². The summed E-state index contributed by atoms with van der Waals surface area (Å²) in [5.74, 6) is 0.527. The first-order valence-corrected chi connectivity index (χ1v) is 8.62. The number of piperidine rings is 1. The van der Waals surface area contributed by atoms with Crippen molar-refractivity contribution in [1.82, 2.24) is 5.32 Å². The van der Waals surface area contributed by atoms with Crippen LogP contribution >= 0.6 is 11.6 Å². The predicted molar refractivity (Wildman–Crippen MR) is 98.3 cm³/mol. The largest absolute Gasteiger partial charge is 0.381 e. The Morgan fingerprint density at radius 3 is 2.92 bits per heavy atom. The van der Waals surface area contributed by atoms with Gasteiger partial charge in [0.15, 0.2) is 0 Å². The van der Waals surface area contributed by atoms with Crippen molar-refractivity contribution < 1.29 is 0 Å². The van der Waals surface area contributed by atoms with Crippen LogP contribution in [0.2, 0.25) is 5.02 Å². The third kappa shape index (κ3) is 2.60. The zero-order valence-electron chi connectivity index (χ0n) is 13.5. The molecule has 122 valence electrons. The number of rotatable bonds is 2. The molecule has 5 heteroatoms. The number of nitrogens with one attached hydrogen (secondary N) is 3. The molecule has 0 spiro atoms. The fraction of sp³-hybridized carbons (Fsp3) is 0.316. The minimum Gasteiger partial charge on any atom is -0.381 e. The Balaban J connectivity index is 1.65. The first-order chi connectivity index (χ1) is 11.7. The topological polar surface area (TPSA) is 59.9 Å². The average molecular weight is 339 g/mol. The Hall–Kier alpha value is -2.22. The van der Waals surface area contributed by atoms with Crippen LogP contribution in [0.4, 0.5) is 17.1 Å². The summed E-state index contributed by atoms with van der Waals surface area (Å²) in [7, 11) is 0. The van der Waals surface area contributed by atoms with Gasteiger partial charge in [0.25, 0.3) is 0 Å². The maximum atomic E-state index is 8.98. The Morgan fingerprint density at radius 1 is 1.25 bits per heavy atom. The van der Waals surface area contributed by atoms with Crippen LogP contribution in [-0.4, -0.2) is 19.1 Å². The zero-order chi connectivity index (χ0) is 16.7. The molecule has 4 nitrogen and oxygen atoms in total. The number of anilines is 3. The lowest BCUT2D eigenvalue weighted by molar-refractivity contribution is 0.440. The normalized spacial score (nSPS) is 21.4. The minimum absolute atomic E-state index is 0.471. The number of hydrogen-bond acceptors (Lipinski definition) is 4. The highest BCUT2D eigenvalue weighted by atomic mass is 35.5. The number of halogens is 1. The molecule has 1 saturated heterocycles. The van der Waals surface area contributed by atoms with Gasteiger partial charge in [0.05, 0.1) is 10.6 Å². The number of fused-ring (bicyclic) bond motifs is 3. The molecule has 2 aliphatic rings. The molecule has 1 fully saturated rings. The number of benzene rings is 2. The summed E-state index contributed by atoms with van der Waals surface area (Å²) in [4.78, 5) is 0. The van der Waals surface area contributed by atoms with Crippen LogP contribution < -0.4 is 16.0 Å². The van der Waals surface area contributed by atoms with E-state index in [1.54, 1.807) is 12.1 Å². The van der Waals surface area contributed by atoms with E-state index >= 15 is 0 Å². The van der Waals surface area contributed by atoms with Gasteiger partial charge >= 0.3 is 0 Å².